The monoisotopic (exact) mass is 249 g/mol. The molecule has 3 heteroatoms. The van der Waals surface area contributed by atoms with Gasteiger partial charge >= 0.3 is 0 Å². The third-order valence-corrected chi connectivity index (χ3v) is 4.24. The molecule has 3 nitrogen and oxygen atoms in total. The number of aryl methyl sites for hydroxylation is 1. The molecule has 1 aliphatic carbocycles. The average Bonchev–Trinajstić information content (AvgIpc) is 2.93. The van der Waals surface area contributed by atoms with Crippen LogP contribution in [0.2, 0.25) is 0 Å². The molecule has 1 saturated carbocycles. The Morgan fingerprint density at radius 1 is 1.28 bits per heavy atom. The number of hydrogen-bond donors (Lipinski definition) is 1. The van der Waals surface area contributed by atoms with E-state index in [2.05, 4.69) is 30.8 Å². The van der Waals surface area contributed by atoms with Crippen LogP contribution in [0, 0.1) is 19.8 Å². The van der Waals surface area contributed by atoms with Crippen LogP contribution in [-0.2, 0) is 13.0 Å². The van der Waals surface area contributed by atoms with Crippen LogP contribution in [0.5, 0.6) is 0 Å². The lowest BCUT2D eigenvalue weighted by Gasteiger charge is -2.11. The van der Waals surface area contributed by atoms with E-state index in [-0.39, 0.29) is 0 Å². The van der Waals surface area contributed by atoms with Gasteiger partial charge in [0.25, 0.3) is 0 Å². The van der Waals surface area contributed by atoms with E-state index >= 15 is 0 Å². The molecule has 1 heterocycles. The smallest absolute Gasteiger partial charge is 0.0628 e. The molecule has 1 fully saturated rings. The Hall–Kier alpha value is -0.830. The highest BCUT2D eigenvalue weighted by atomic mass is 15.3. The minimum atomic E-state index is 0.865. The molecule has 0 aliphatic heterocycles. The number of nitrogens with one attached hydrogen (secondary N) is 1. The fourth-order valence-electron chi connectivity index (χ4n) is 3.10. The van der Waals surface area contributed by atoms with E-state index in [1.54, 1.807) is 0 Å². The summed E-state index contributed by atoms with van der Waals surface area (Å²) < 4.78 is 2.26. The van der Waals surface area contributed by atoms with Gasteiger partial charge in [-0.25, -0.2) is 0 Å². The van der Waals surface area contributed by atoms with Crippen LogP contribution in [0.4, 0.5) is 0 Å². The summed E-state index contributed by atoms with van der Waals surface area (Å²) >= 11 is 0. The number of nitrogens with zero attached hydrogens (tertiary/aromatic N) is 2. The summed E-state index contributed by atoms with van der Waals surface area (Å²) in [5.41, 5.74) is 4.06. The molecule has 0 unspecified atom stereocenters. The van der Waals surface area contributed by atoms with Crippen LogP contribution in [-0.4, -0.2) is 22.9 Å². The highest BCUT2D eigenvalue weighted by Gasteiger charge is 2.18. The Kier molecular flexibility index (Phi) is 4.81. The Balaban J connectivity index is 2.00. The molecule has 0 amide bonds. The molecule has 0 aromatic carbocycles. The highest BCUT2D eigenvalue weighted by molar-refractivity contribution is 5.24. The molecule has 0 bridgehead atoms. The number of hydrogen-bond acceptors (Lipinski definition) is 2. The van der Waals surface area contributed by atoms with Gasteiger partial charge in [-0.05, 0) is 57.7 Å². The molecule has 0 spiro atoms. The summed E-state index contributed by atoms with van der Waals surface area (Å²) in [6.45, 7) is 9.79. The predicted octanol–water partition coefficient (Wildman–Crippen LogP) is 2.84. The first kappa shape index (κ1) is 13.6. The molecular formula is C15H27N3. The van der Waals surface area contributed by atoms with Crippen molar-refractivity contribution in [1.29, 1.82) is 0 Å². The van der Waals surface area contributed by atoms with Crippen LogP contribution < -0.4 is 5.32 Å². The predicted molar refractivity (Wildman–Crippen MR) is 75.9 cm³/mol. The fourth-order valence-corrected chi connectivity index (χ4v) is 3.10. The topological polar surface area (TPSA) is 29.9 Å². The van der Waals surface area contributed by atoms with Crippen LogP contribution >= 0.6 is 0 Å². The Morgan fingerprint density at radius 2 is 2.00 bits per heavy atom. The summed E-state index contributed by atoms with van der Waals surface area (Å²) in [5.74, 6) is 0.865. The van der Waals surface area contributed by atoms with Crippen LogP contribution in [0.15, 0.2) is 0 Å². The van der Waals surface area contributed by atoms with E-state index in [0.29, 0.717) is 0 Å². The summed E-state index contributed by atoms with van der Waals surface area (Å²) in [6, 6.07) is 0. The lowest BCUT2D eigenvalue weighted by atomic mass is 10.1. The van der Waals surface area contributed by atoms with Crippen molar-refractivity contribution < 1.29 is 0 Å². The van der Waals surface area contributed by atoms with Crippen molar-refractivity contribution in [2.45, 2.75) is 59.4 Å². The van der Waals surface area contributed by atoms with Crippen molar-refractivity contribution in [2.75, 3.05) is 13.1 Å². The normalized spacial score (nSPS) is 16.6. The standard InChI is InChI=1S/C15H27N3/c1-4-16-10-9-15-12(2)17-18(13(15)3)11-14-7-5-6-8-14/h14,16H,4-11H2,1-3H3. The SMILES string of the molecule is CCNCCc1c(C)nn(CC2CCCC2)c1C. The van der Waals surface area contributed by atoms with Crippen molar-refractivity contribution in [3.8, 4) is 0 Å². The van der Waals surface area contributed by atoms with E-state index in [1.165, 1.54) is 42.6 Å². The number of aromatic nitrogens is 2. The number of likely N-dealkylation sites (N-methyl/N-ethyl adjacent to an activating group) is 1. The van der Waals surface area contributed by atoms with Gasteiger partial charge in [-0.3, -0.25) is 4.68 Å². The quantitative estimate of drug-likeness (QED) is 0.786. The van der Waals surface area contributed by atoms with E-state index in [4.69, 9.17) is 5.10 Å². The van der Waals surface area contributed by atoms with Gasteiger partial charge in [0.15, 0.2) is 0 Å². The average molecular weight is 249 g/mol. The van der Waals surface area contributed by atoms with Crippen molar-refractivity contribution in [3.05, 3.63) is 17.0 Å². The molecular weight excluding hydrogens is 222 g/mol. The molecule has 1 aliphatic rings. The fraction of sp³-hybridized carbons (Fsp3) is 0.800. The van der Waals surface area contributed by atoms with Crippen LogP contribution in [0.25, 0.3) is 0 Å². The van der Waals surface area contributed by atoms with Gasteiger partial charge in [0.05, 0.1) is 5.69 Å². The maximum Gasteiger partial charge on any atom is 0.0628 e. The molecule has 102 valence electrons. The minimum Gasteiger partial charge on any atom is -0.317 e. The Bertz CT molecular complexity index is 375. The summed E-state index contributed by atoms with van der Waals surface area (Å²) in [6.07, 6.45) is 6.72. The van der Waals surface area contributed by atoms with Crippen molar-refractivity contribution in [3.63, 3.8) is 0 Å². The molecule has 18 heavy (non-hydrogen) atoms. The summed E-state index contributed by atoms with van der Waals surface area (Å²) in [4.78, 5) is 0. The lowest BCUT2D eigenvalue weighted by Crippen LogP contribution is -2.17. The van der Waals surface area contributed by atoms with E-state index in [9.17, 15) is 0 Å². The number of rotatable bonds is 6. The molecule has 2 rings (SSSR count). The first-order chi connectivity index (χ1) is 8.72. The highest BCUT2D eigenvalue weighted by Crippen LogP contribution is 2.27. The van der Waals surface area contributed by atoms with Crippen molar-refractivity contribution in [2.24, 2.45) is 5.92 Å². The van der Waals surface area contributed by atoms with Crippen LogP contribution in [0.3, 0.4) is 0 Å². The van der Waals surface area contributed by atoms with Crippen molar-refractivity contribution >= 4 is 0 Å². The van der Waals surface area contributed by atoms with Gasteiger partial charge in [-0.2, -0.15) is 5.10 Å². The zero-order chi connectivity index (χ0) is 13.0. The summed E-state index contributed by atoms with van der Waals surface area (Å²) in [5, 5.41) is 8.14. The second kappa shape index (κ2) is 6.37. The minimum absolute atomic E-state index is 0.865. The zero-order valence-corrected chi connectivity index (χ0v) is 12.1. The van der Waals surface area contributed by atoms with Crippen LogP contribution in [0.1, 0.15) is 49.6 Å². The first-order valence-electron chi connectivity index (χ1n) is 7.46. The first-order valence-corrected chi connectivity index (χ1v) is 7.46. The van der Waals surface area contributed by atoms with E-state index in [0.717, 1.165) is 32.0 Å². The molecule has 1 aromatic rings. The van der Waals surface area contributed by atoms with Gasteiger partial charge in [-0.1, -0.05) is 19.8 Å². The summed E-state index contributed by atoms with van der Waals surface area (Å²) in [7, 11) is 0. The van der Waals surface area contributed by atoms with Gasteiger partial charge in [0.1, 0.15) is 0 Å². The molecule has 1 N–H and O–H groups in total. The molecule has 1 aromatic heterocycles. The second-order valence-corrected chi connectivity index (χ2v) is 5.59. The second-order valence-electron chi connectivity index (χ2n) is 5.59. The van der Waals surface area contributed by atoms with E-state index in [1.807, 2.05) is 0 Å². The van der Waals surface area contributed by atoms with Crippen molar-refractivity contribution in [1.82, 2.24) is 15.1 Å². The molecule has 0 saturated heterocycles. The van der Waals surface area contributed by atoms with Gasteiger partial charge in [-0.15, -0.1) is 0 Å². The Labute approximate surface area is 111 Å². The third-order valence-electron chi connectivity index (χ3n) is 4.24. The lowest BCUT2D eigenvalue weighted by molar-refractivity contribution is 0.421. The van der Waals surface area contributed by atoms with Gasteiger partial charge in [0.2, 0.25) is 0 Å². The maximum atomic E-state index is 4.74. The molecule has 0 atom stereocenters. The third kappa shape index (κ3) is 3.14. The zero-order valence-electron chi connectivity index (χ0n) is 12.1. The van der Waals surface area contributed by atoms with E-state index < -0.39 is 0 Å². The van der Waals surface area contributed by atoms with Gasteiger partial charge in [0, 0.05) is 12.2 Å². The largest absolute Gasteiger partial charge is 0.317 e. The van der Waals surface area contributed by atoms with Gasteiger partial charge < -0.3 is 5.32 Å². The Morgan fingerprint density at radius 3 is 2.67 bits per heavy atom. The molecule has 0 radical (unpaired) electrons. The maximum absolute atomic E-state index is 4.74.